The molecule has 0 spiro atoms. The quantitative estimate of drug-likeness (QED) is 0.449. The van der Waals surface area contributed by atoms with Gasteiger partial charge in [-0.05, 0) is 56.2 Å². The molecule has 1 unspecified atom stereocenters. The molecule has 5 rings (SSSR count). The molecule has 5 heteroatoms. The Bertz CT molecular complexity index is 1430. The zero-order valence-corrected chi connectivity index (χ0v) is 18.9. The van der Waals surface area contributed by atoms with Crippen LogP contribution in [0.3, 0.4) is 0 Å². The van der Waals surface area contributed by atoms with Crippen molar-refractivity contribution in [3.8, 4) is 17.1 Å². The van der Waals surface area contributed by atoms with E-state index >= 15 is 0 Å². The Labute approximate surface area is 192 Å². The number of rotatable bonds is 3. The summed E-state index contributed by atoms with van der Waals surface area (Å²) in [5, 5.41) is 3.71. The maximum atomic E-state index is 12.9. The highest BCUT2D eigenvalue weighted by atomic mass is 16.5. The summed E-state index contributed by atoms with van der Waals surface area (Å²) >= 11 is 0. The molecule has 5 nitrogen and oxygen atoms in total. The standard InChI is InChI=1S/C28H25NO4/c1-16-4-9-25-21(13-16)23(10-11-32-25)29-28(31)20-7-5-19(6-8-20)26-15-24(30)22-14-17(2)12-18(3)27(22)33-26/h4-9,12-15,23H,10-11H2,1-3H3,(H,29,31). The third kappa shape index (κ3) is 4.02. The number of hydrogen-bond acceptors (Lipinski definition) is 4. The van der Waals surface area contributed by atoms with Gasteiger partial charge in [0.05, 0.1) is 18.0 Å². The fraction of sp³-hybridized carbons (Fsp3) is 0.214. The van der Waals surface area contributed by atoms with Crippen molar-refractivity contribution < 1.29 is 13.9 Å². The van der Waals surface area contributed by atoms with Crippen molar-refractivity contribution in [1.82, 2.24) is 5.32 Å². The van der Waals surface area contributed by atoms with Gasteiger partial charge in [0.1, 0.15) is 17.1 Å². The Kier molecular flexibility index (Phi) is 5.25. The third-order valence-corrected chi connectivity index (χ3v) is 6.10. The van der Waals surface area contributed by atoms with Crippen LogP contribution in [0.5, 0.6) is 5.75 Å². The SMILES string of the molecule is Cc1ccc2c(c1)C(NC(=O)c1ccc(-c3cc(=O)c4cc(C)cc(C)c4o3)cc1)CCO2. The molecule has 0 saturated carbocycles. The molecule has 1 amide bonds. The van der Waals surface area contributed by atoms with Crippen molar-refractivity contribution in [1.29, 1.82) is 0 Å². The molecule has 3 aromatic carbocycles. The molecule has 1 atom stereocenters. The predicted molar refractivity (Wildman–Crippen MR) is 129 cm³/mol. The van der Waals surface area contributed by atoms with Gasteiger partial charge in [0, 0.05) is 29.2 Å². The van der Waals surface area contributed by atoms with Crippen LogP contribution >= 0.6 is 0 Å². The lowest BCUT2D eigenvalue weighted by molar-refractivity contribution is 0.0924. The summed E-state index contributed by atoms with van der Waals surface area (Å²) in [5.41, 5.74) is 5.91. The number of ether oxygens (including phenoxy) is 1. The van der Waals surface area contributed by atoms with Gasteiger partial charge in [-0.25, -0.2) is 0 Å². The van der Waals surface area contributed by atoms with E-state index in [1.165, 1.54) is 6.07 Å². The fourth-order valence-corrected chi connectivity index (χ4v) is 4.44. The average Bonchev–Trinajstić information content (AvgIpc) is 2.80. The highest BCUT2D eigenvalue weighted by molar-refractivity contribution is 5.95. The van der Waals surface area contributed by atoms with Crippen LogP contribution in [0, 0.1) is 20.8 Å². The van der Waals surface area contributed by atoms with Crippen LogP contribution in [0.15, 0.2) is 69.9 Å². The van der Waals surface area contributed by atoms with E-state index in [9.17, 15) is 9.59 Å². The van der Waals surface area contributed by atoms with Gasteiger partial charge in [0.2, 0.25) is 0 Å². The summed E-state index contributed by atoms with van der Waals surface area (Å²) in [5.74, 6) is 1.16. The molecule has 0 bridgehead atoms. The lowest BCUT2D eigenvalue weighted by atomic mass is 9.98. The van der Waals surface area contributed by atoms with E-state index in [1.807, 2.05) is 57.2 Å². The van der Waals surface area contributed by atoms with Crippen molar-refractivity contribution in [2.45, 2.75) is 33.2 Å². The van der Waals surface area contributed by atoms with E-state index in [4.69, 9.17) is 9.15 Å². The van der Waals surface area contributed by atoms with Crippen LogP contribution in [-0.4, -0.2) is 12.5 Å². The summed E-state index contributed by atoms with van der Waals surface area (Å²) in [4.78, 5) is 25.6. The minimum Gasteiger partial charge on any atom is -0.493 e. The zero-order valence-electron chi connectivity index (χ0n) is 18.9. The van der Waals surface area contributed by atoms with E-state index in [0.717, 1.165) is 40.0 Å². The molecule has 1 aliphatic heterocycles. The van der Waals surface area contributed by atoms with Gasteiger partial charge in [-0.1, -0.05) is 35.9 Å². The highest BCUT2D eigenvalue weighted by Crippen LogP contribution is 2.33. The number of aryl methyl sites for hydroxylation is 3. The Hall–Kier alpha value is -3.86. The molecule has 1 N–H and O–H groups in total. The van der Waals surface area contributed by atoms with Gasteiger partial charge in [0.15, 0.2) is 5.43 Å². The Morgan fingerprint density at radius 1 is 0.939 bits per heavy atom. The van der Waals surface area contributed by atoms with E-state index < -0.39 is 0 Å². The molecular weight excluding hydrogens is 414 g/mol. The lowest BCUT2D eigenvalue weighted by Crippen LogP contribution is -2.32. The monoisotopic (exact) mass is 439 g/mol. The first kappa shape index (κ1) is 21.0. The van der Waals surface area contributed by atoms with Crippen LogP contribution in [-0.2, 0) is 0 Å². The number of carbonyl (C=O) groups is 1. The fourth-order valence-electron chi connectivity index (χ4n) is 4.44. The van der Waals surface area contributed by atoms with Gasteiger partial charge in [-0.15, -0.1) is 0 Å². The lowest BCUT2D eigenvalue weighted by Gasteiger charge is -2.27. The number of carbonyl (C=O) groups excluding carboxylic acids is 1. The minimum absolute atomic E-state index is 0.0756. The van der Waals surface area contributed by atoms with Gasteiger partial charge < -0.3 is 14.5 Å². The molecule has 1 aromatic heterocycles. The summed E-state index contributed by atoms with van der Waals surface area (Å²) in [7, 11) is 0. The first-order valence-electron chi connectivity index (χ1n) is 11.1. The zero-order chi connectivity index (χ0) is 23.1. The summed E-state index contributed by atoms with van der Waals surface area (Å²) in [6.45, 7) is 6.50. The van der Waals surface area contributed by atoms with Crippen LogP contribution in [0.4, 0.5) is 0 Å². The van der Waals surface area contributed by atoms with E-state index in [2.05, 4.69) is 11.4 Å². The van der Waals surface area contributed by atoms with Crippen LogP contribution in [0.2, 0.25) is 0 Å². The average molecular weight is 440 g/mol. The van der Waals surface area contributed by atoms with Gasteiger partial charge >= 0.3 is 0 Å². The van der Waals surface area contributed by atoms with E-state index in [0.29, 0.717) is 28.9 Å². The number of benzene rings is 3. The van der Waals surface area contributed by atoms with Crippen molar-refractivity contribution >= 4 is 16.9 Å². The molecule has 2 heterocycles. The largest absolute Gasteiger partial charge is 0.493 e. The molecule has 0 aliphatic carbocycles. The minimum atomic E-state index is -0.146. The third-order valence-electron chi connectivity index (χ3n) is 6.10. The number of fused-ring (bicyclic) bond motifs is 2. The van der Waals surface area contributed by atoms with Gasteiger partial charge in [-0.2, -0.15) is 0 Å². The van der Waals surface area contributed by atoms with Gasteiger partial charge in [-0.3, -0.25) is 9.59 Å². The number of amides is 1. The highest BCUT2D eigenvalue weighted by Gasteiger charge is 2.23. The van der Waals surface area contributed by atoms with E-state index in [-0.39, 0.29) is 17.4 Å². The second-order valence-corrected chi connectivity index (χ2v) is 8.72. The Morgan fingerprint density at radius 2 is 1.73 bits per heavy atom. The summed E-state index contributed by atoms with van der Waals surface area (Å²) < 4.78 is 11.8. The maximum absolute atomic E-state index is 12.9. The van der Waals surface area contributed by atoms with Crippen molar-refractivity contribution in [3.05, 3.63) is 98.7 Å². The topological polar surface area (TPSA) is 68.5 Å². The number of hydrogen-bond donors (Lipinski definition) is 1. The first-order chi connectivity index (χ1) is 15.9. The molecule has 0 saturated heterocycles. The molecule has 33 heavy (non-hydrogen) atoms. The Balaban J connectivity index is 1.40. The van der Waals surface area contributed by atoms with E-state index in [1.54, 1.807) is 12.1 Å². The van der Waals surface area contributed by atoms with Crippen LogP contribution < -0.4 is 15.5 Å². The summed E-state index contributed by atoms with van der Waals surface area (Å²) in [6.07, 6.45) is 0.724. The van der Waals surface area contributed by atoms with Crippen molar-refractivity contribution in [2.24, 2.45) is 0 Å². The molecular formula is C28H25NO4. The smallest absolute Gasteiger partial charge is 0.251 e. The molecule has 0 fully saturated rings. The molecule has 166 valence electrons. The number of nitrogens with one attached hydrogen (secondary N) is 1. The molecule has 4 aromatic rings. The van der Waals surface area contributed by atoms with Crippen molar-refractivity contribution in [3.63, 3.8) is 0 Å². The molecule has 0 radical (unpaired) electrons. The van der Waals surface area contributed by atoms with Crippen LogP contribution in [0.25, 0.3) is 22.3 Å². The summed E-state index contributed by atoms with van der Waals surface area (Å²) in [6, 6.07) is 18.4. The second-order valence-electron chi connectivity index (χ2n) is 8.72. The maximum Gasteiger partial charge on any atom is 0.251 e. The predicted octanol–water partition coefficient (Wildman–Crippen LogP) is 5.64. The first-order valence-corrected chi connectivity index (χ1v) is 11.1. The molecule has 1 aliphatic rings. The Morgan fingerprint density at radius 3 is 2.52 bits per heavy atom. The normalized spacial score (nSPS) is 15.1. The van der Waals surface area contributed by atoms with Gasteiger partial charge in [0.25, 0.3) is 5.91 Å². The van der Waals surface area contributed by atoms with Crippen molar-refractivity contribution in [2.75, 3.05) is 6.61 Å². The van der Waals surface area contributed by atoms with Crippen LogP contribution in [0.1, 0.15) is 45.1 Å². The second kappa shape index (κ2) is 8.24.